The van der Waals surface area contributed by atoms with Gasteiger partial charge in [-0.25, -0.2) is 17.9 Å². The SMILES string of the molecule is CC[C@H]1C[C@@H](NS(C)(=O)=O)[C@@H](COC2CCC(c3ccccc3)CC2)N1C(=O)O. The van der Waals surface area contributed by atoms with Crippen LogP contribution in [0.5, 0.6) is 0 Å². The number of hydrogen-bond donors (Lipinski definition) is 2. The van der Waals surface area contributed by atoms with Gasteiger partial charge in [-0.3, -0.25) is 4.90 Å². The Morgan fingerprint density at radius 3 is 2.41 bits per heavy atom. The topological polar surface area (TPSA) is 95.9 Å². The summed E-state index contributed by atoms with van der Waals surface area (Å²) in [5.74, 6) is 0.544. The zero-order chi connectivity index (χ0) is 21.0. The van der Waals surface area contributed by atoms with Crippen LogP contribution in [0.4, 0.5) is 4.79 Å². The van der Waals surface area contributed by atoms with E-state index >= 15 is 0 Å². The summed E-state index contributed by atoms with van der Waals surface area (Å²) in [6.07, 6.45) is 5.26. The maximum atomic E-state index is 11.8. The minimum absolute atomic E-state index is 0.0881. The molecule has 0 spiro atoms. The van der Waals surface area contributed by atoms with E-state index in [4.69, 9.17) is 4.74 Å². The normalized spacial score (nSPS) is 30.4. The van der Waals surface area contributed by atoms with Gasteiger partial charge in [0.1, 0.15) is 0 Å². The van der Waals surface area contributed by atoms with E-state index in [1.165, 1.54) is 10.5 Å². The quantitative estimate of drug-likeness (QED) is 0.701. The van der Waals surface area contributed by atoms with Crippen molar-refractivity contribution in [1.82, 2.24) is 9.62 Å². The van der Waals surface area contributed by atoms with Crippen molar-refractivity contribution in [2.24, 2.45) is 0 Å². The van der Waals surface area contributed by atoms with Crippen molar-refractivity contribution in [2.75, 3.05) is 12.9 Å². The van der Waals surface area contributed by atoms with Gasteiger partial charge in [0.15, 0.2) is 0 Å². The van der Waals surface area contributed by atoms with Gasteiger partial charge < -0.3 is 9.84 Å². The van der Waals surface area contributed by atoms with Crippen LogP contribution < -0.4 is 4.72 Å². The molecule has 1 aromatic rings. The average Bonchev–Trinajstić information content (AvgIpc) is 3.03. The Labute approximate surface area is 173 Å². The fraction of sp³-hybridized carbons (Fsp3) is 0.667. The second kappa shape index (κ2) is 9.45. The van der Waals surface area contributed by atoms with E-state index in [1.54, 1.807) is 0 Å². The molecule has 0 bridgehead atoms. The summed E-state index contributed by atoms with van der Waals surface area (Å²) in [6.45, 7) is 2.14. The maximum absolute atomic E-state index is 11.8. The molecular weight excluding hydrogens is 392 g/mol. The van der Waals surface area contributed by atoms with Crippen LogP contribution in [0, 0.1) is 0 Å². The molecule has 1 aliphatic heterocycles. The molecule has 3 atom stereocenters. The third-order valence-electron chi connectivity index (χ3n) is 6.25. The highest BCUT2D eigenvalue weighted by atomic mass is 32.2. The summed E-state index contributed by atoms with van der Waals surface area (Å²) in [6, 6.07) is 9.34. The summed E-state index contributed by atoms with van der Waals surface area (Å²) >= 11 is 0. The number of nitrogens with one attached hydrogen (secondary N) is 1. The first-order valence-electron chi connectivity index (χ1n) is 10.4. The van der Waals surface area contributed by atoms with E-state index in [2.05, 4.69) is 29.0 Å². The van der Waals surface area contributed by atoms with E-state index in [1.807, 2.05) is 13.0 Å². The van der Waals surface area contributed by atoms with Crippen LogP contribution in [-0.4, -0.2) is 61.6 Å². The number of nitrogens with zero attached hydrogens (tertiary/aromatic N) is 1. The van der Waals surface area contributed by atoms with E-state index in [9.17, 15) is 18.3 Å². The summed E-state index contributed by atoms with van der Waals surface area (Å²) in [5.41, 5.74) is 1.36. The monoisotopic (exact) mass is 424 g/mol. The molecule has 1 amide bonds. The lowest BCUT2D eigenvalue weighted by Crippen LogP contribution is -2.50. The van der Waals surface area contributed by atoms with Gasteiger partial charge in [0.05, 0.1) is 25.0 Å². The lowest BCUT2D eigenvalue weighted by molar-refractivity contribution is -0.00780. The number of ether oxygens (including phenoxy) is 1. The smallest absolute Gasteiger partial charge is 0.407 e. The molecule has 3 rings (SSSR count). The van der Waals surface area contributed by atoms with Gasteiger partial charge in [-0.15, -0.1) is 0 Å². The van der Waals surface area contributed by atoms with Crippen LogP contribution in [0.25, 0.3) is 0 Å². The molecule has 1 aliphatic carbocycles. The van der Waals surface area contributed by atoms with Crippen molar-refractivity contribution in [1.29, 1.82) is 0 Å². The van der Waals surface area contributed by atoms with Crippen LogP contribution in [0.15, 0.2) is 30.3 Å². The Balaban J connectivity index is 1.60. The molecule has 1 saturated heterocycles. The first-order valence-corrected chi connectivity index (χ1v) is 12.3. The van der Waals surface area contributed by atoms with Gasteiger partial charge >= 0.3 is 6.09 Å². The molecule has 1 aromatic carbocycles. The van der Waals surface area contributed by atoms with Crippen LogP contribution in [-0.2, 0) is 14.8 Å². The summed E-state index contributed by atoms with van der Waals surface area (Å²) < 4.78 is 32.3. The maximum Gasteiger partial charge on any atom is 0.407 e. The third kappa shape index (κ3) is 5.71. The number of likely N-dealkylation sites (tertiary alicyclic amines) is 1. The molecule has 1 saturated carbocycles. The Bertz CT molecular complexity index is 778. The average molecular weight is 425 g/mol. The van der Waals surface area contributed by atoms with Crippen molar-refractivity contribution >= 4 is 16.1 Å². The molecule has 29 heavy (non-hydrogen) atoms. The second-order valence-electron chi connectivity index (χ2n) is 8.27. The van der Waals surface area contributed by atoms with E-state index in [0.29, 0.717) is 18.8 Å². The first kappa shape index (κ1) is 22.1. The Hall–Kier alpha value is -1.64. The standard InChI is InChI=1S/C21H32N2O5S/c1-3-17-13-19(22-29(2,26)27)20(23(17)21(24)25)14-28-18-11-9-16(10-12-18)15-7-5-4-6-8-15/h4-8,16-20,22H,3,9-14H2,1-2H3,(H,24,25)/t16?,17-,18?,19+,20+/m0/s1. The molecule has 0 unspecified atom stereocenters. The number of carbonyl (C=O) groups is 1. The Kier molecular flexibility index (Phi) is 7.19. The van der Waals surface area contributed by atoms with Gasteiger partial charge in [0.25, 0.3) is 0 Å². The number of hydrogen-bond acceptors (Lipinski definition) is 4. The molecule has 2 aliphatic rings. The van der Waals surface area contributed by atoms with Gasteiger partial charge in [0, 0.05) is 12.1 Å². The Morgan fingerprint density at radius 2 is 1.86 bits per heavy atom. The predicted octanol–water partition coefficient (Wildman–Crippen LogP) is 3.18. The molecule has 1 heterocycles. The number of amides is 1. The lowest BCUT2D eigenvalue weighted by Gasteiger charge is -2.33. The molecular formula is C21H32N2O5S. The minimum atomic E-state index is -3.43. The molecule has 162 valence electrons. The van der Waals surface area contributed by atoms with Gasteiger partial charge in [-0.2, -0.15) is 0 Å². The fourth-order valence-electron chi connectivity index (χ4n) is 4.81. The predicted molar refractivity (Wildman–Crippen MR) is 112 cm³/mol. The van der Waals surface area contributed by atoms with E-state index in [-0.39, 0.29) is 18.8 Å². The van der Waals surface area contributed by atoms with Crippen molar-refractivity contribution in [2.45, 2.75) is 75.6 Å². The highest BCUT2D eigenvalue weighted by Crippen LogP contribution is 2.35. The molecule has 0 aromatic heterocycles. The van der Waals surface area contributed by atoms with Gasteiger partial charge in [-0.05, 0) is 50.0 Å². The van der Waals surface area contributed by atoms with E-state index in [0.717, 1.165) is 31.9 Å². The van der Waals surface area contributed by atoms with Crippen LogP contribution in [0.1, 0.15) is 56.9 Å². The summed E-state index contributed by atoms with van der Waals surface area (Å²) in [5, 5.41) is 9.69. The van der Waals surface area contributed by atoms with Gasteiger partial charge in [0.2, 0.25) is 10.0 Å². The number of rotatable bonds is 7. The summed E-state index contributed by atoms with van der Waals surface area (Å²) in [7, 11) is -3.43. The minimum Gasteiger partial charge on any atom is -0.465 e. The van der Waals surface area contributed by atoms with E-state index < -0.39 is 28.2 Å². The zero-order valence-corrected chi connectivity index (χ0v) is 18.0. The highest BCUT2D eigenvalue weighted by Gasteiger charge is 2.44. The van der Waals surface area contributed by atoms with Gasteiger partial charge in [-0.1, -0.05) is 37.3 Å². The fourth-order valence-corrected chi connectivity index (χ4v) is 5.61. The van der Waals surface area contributed by atoms with Crippen molar-refractivity contribution < 1.29 is 23.1 Å². The highest BCUT2D eigenvalue weighted by molar-refractivity contribution is 7.88. The number of benzene rings is 1. The lowest BCUT2D eigenvalue weighted by atomic mass is 9.83. The summed E-state index contributed by atoms with van der Waals surface area (Å²) in [4.78, 5) is 13.2. The van der Waals surface area contributed by atoms with Crippen molar-refractivity contribution in [3.05, 3.63) is 35.9 Å². The Morgan fingerprint density at radius 1 is 1.21 bits per heavy atom. The van der Waals surface area contributed by atoms with Crippen molar-refractivity contribution in [3.8, 4) is 0 Å². The first-order chi connectivity index (χ1) is 13.8. The molecule has 0 radical (unpaired) electrons. The number of carboxylic acid groups (broad SMARTS) is 1. The molecule has 2 fully saturated rings. The molecule has 7 nitrogen and oxygen atoms in total. The van der Waals surface area contributed by atoms with Crippen molar-refractivity contribution in [3.63, 3.8) is 0 Å². The molecule has 2 N–H and O–H groups in total. The zero-order valence-electron chi connectivity index (χ0n) is 17.2. The number of sulfonamides is 1. The van der Waals surface area contributed by atoms with Crippen LogP contribution >= 0.6 is 0 Å². The van der Waals surface area contributed by atoms with Crippen LogP contribution in [0.3, 0.4) is 0 Å². The largest absolute Gasteiger partial charge is 0.465 e. The molecule has 8 heteroatoms. The van der Waals surface area contributed by atoms with Crippen LogP contribution in [0.2, 0.25) is 0 Å². The third-order valence-corrected chi connectivity index (χ3v) is 6.98. The second-order valence-corrected chi connectivity index (χ2v) is 10.0.